The molecule has 216 valence electrons. The van der Waals surface area contributed by atoms with Crippen LogP contribution in [0.2, 0.25) is 5.02 Å². The number of carbonyl (C=O) groups excluding carboxylic acids is 2. The zero-order valence-corrected chi connectivity index (χ0v) is 24.3. The highest BCUT2D eigenvalue weighted by molar-refractivity contribution is 6.34. The minimum atomic E-state index is -0.474. The lowest BCUT2D eigenvalue weighted by Crippen LogP contribution is -2.50. The molecule has 1 atom stereocenters. The minimum Gasteiger partial charge on any atom is -0.497 e. The van der Waals surface area contributed by atoms with Gasteiger partial charge in [0.1, 0.15) is 18.0 Å². The number of hydrogen-bond donors (Lipinski definition) is 1. The molecule has 1 fully saturated rings. The van der Waals surface area contributed by atoms with Crippen LogP contribution in [0.25, 0.3) is 0 Å². The summed E-state index contributed by atoms with van der Waals surface area (Å²) in [7, 11) is 3.18. The highest BCUT2D eigenvalue weighted by atomic mass is 35.5. The maximum Gasteiger partial charge on any atom is 0.318 e. The van der Waals surface area contributed by atoms with Crippen LogP contribution in [0, 0.1) is 0 Å². The van der Waals surface area contributed by atoms with Gasteiger partial charge in [-0.3, -0.25) is 9.69 Å². The van der Waals surface area contributed by atoms with Gasteiger partial charge < -0.3 is 24.4 Å². The molecular weight excluding hydrogens is 534 g/mol. The molecule has 4 rings (SSSR count). The molecule has 11 heteroatoms. The van der Waals surface area contributed by atoms with Crippen LogP contribution in [0.5, 0.6) is 11.5 Å². The van der Waals surface area contributed by atoms with E-state index in [1.54, 1.807) is 25.2 Å². The van der Waals surface area contributed by atoms with E-state index >= 15 is 0 Å². The third-order valence-electron chi connectivity index (χ3n) is 6.96. The minimum absolute atomic E-state index is 0.0704. The van der Waals surface area contributed by atoms with E-state index in [0.29, 0.717) is 55.0 Å². The summed E-state index contributed by atoms with van der Waals surface area (Å²) in [4.78, 5) is 30.9. The summed E-state index contributed by atoms with van der Waals surface area (Å²) >= 11 is 6.52. The van der Waals surface area contributed by atoms with E-state index in [4.69, 9.17) is 30.9 Å². The summed E-state index contributed by atoms with van der Waals surface area (Å²) in [6.45, 7) is 7.60. The van der Waals surface area contributed by atoms with Crippen LogP contribution in [-0.2, 0) is 9.53 Å². The fraction of sp³-hybridized carbons (Fsp3) is 0.483. The number of benzene rings is 2. The second kappa shape index (κ2) is 13.8. The standard InChI is InChI=1S/C29H38ClN5O5/c1-20(2)31-29(37)34(12-11-33-13-15-40-16-14-33)19-28(36)35-26(23-17-21(38-3)9-10-27(23)39-4)18-25(32-35)22-7-5-6-8-24(22)30/h5-10,17,20,26H,11-16,18-19H2,1-4H3,(H,31,37). The Morgan fingerprint density at radius 2 is 1.90 bits per heavy atom. The predicted molar refractivity (Wildman–Crippen MR) is 154 cm³/mol. The first-order valence-corrected chi connectivity index (χ1v) is 13.9. The van der Waals surface area contributed by atoms with Gasteiger partial charge in [0.05, 0.1) is 39.2 Å². The average Bonchev–Trinajstić information content (AvgIpc) is 3.40. The maximum atomic E-state index is 14.0. The number of carbonyl (C=O) groups is 2. The molecule has 2 aliphatic rings. The van der Waals surface area contributed by atoms with Crippen LogP contribution >= 0.6 is 11.6 Å². The summed E-state index contributed by atoms with van der Waals surface area (Å²) < 4.78 is 16.6. The Kier molecular flexibility index (Phi) is 10.2. The van der Waals surface area contributed by atoms with Gasteiger partial charge in [-0.1, -0.05) is 29.8 Å². The molecule has 2 aromatic carbocycles. The largest absolute Gasteiger partial charge is 0.497 e. The van der Waals surface area contributed by atoms with Crippen molar-refractivity contribution in [2.24, 2.45) is 5.10 Å². The maximum absolute atomic E-state index is 14.0. The molecule has 10 nitrogen and oxygen atoms in total. The van der Waals surface area contributed by atoms with Gasteiger partial charge in [0.15, 0.2) is 0 Å². The quantitative estimate of drug-likeness (QED) is 0.466. The van der Waals surface area contributed by atoms with Gasteiger partial charge in [-0.2, -0.15) is 5.10 Å². The highest BCUT2D eigenvalue weighted by Gasteiger charge is 2.37. The Hall–Kier alpha value is -3.34. The Bertz CT molecular complexity index is 1220. The van der Waals surface area contributed by atoms with E-state index in [-0.39, 0.29) is 24.5 Å². The summed E-state index contributed by atoms with van der Waals surface area (Å²) in [5.74, 6) is 0.941. The molecule has 1 N–H and O–H groups in total. The van der Waals surface area contributed by atoms with Crippen LogP contribution in [0.15, 0.2) is 47.6 Å². The molecular formula is C29H38ClN5O5. The van der Waals surface area contributed by atoms with Crippen molar-refractivity contribution in [3.05, 3.63) is 58.6 Å². The number of hydrazone groups is 1. The summed E-state index contributed by atoms with van der Waals surface area (Å²) in [6, 6.07) is 12.1. The Morgan fingerprint density at radius 3 is 2.58 bits per heavy atom. The van der Waals surface area contributed by atoms with Gasteiger partial charge in [-0.25, -0.2) is 9.80 Å². The van der Waals surface area contributed by atoms with Crippen LogP contribution in [0.1, 0.15) is 37.4 Å². The smallest absolute Gasteiger partial charge is 0.318 e. The first kappa shape index (κ1) is 29.6. The number of halogens is 1. The number of morpholine rings is 1. The topological polar surface area (TPSA) is 95.9 Å². The number of urea groups is 1. The van der Waals surface area contributed by atoms with Crippen LogP contribution < -0.4 is 14.8 Å². The van der Waals surface area contributed by atoms with Crippen molar-refractivity contribution in [2.75, 3.05) is 60.2 Å². The third-order valence-corrected chi connectivity index (χ3v) is 7.29. The van der Waals surface area contributed by atoms with E-state index in [2.05, 4.69) is 10.2 Å². The molecule has 0 bridgehead atoms. The second-order valence-electron chi connectivity index (χ2n) is 10.1. The number of methoxy groups -OCH3 is 2. The van der Waals surface area contributed by atoms with E-state index in [9.17, 15) is 9.59 Å². The molecule has 0 radical (unpaired) electrons. The molecule has 1 unspecified atom stereocenters. The fourth-order valence-corrected chi connectivity index (χ4v) is 5.10. The second-order valence-corrected chi connectivity index (χ2v) is 10.5. The summed E-state index contributed by atoms with van der Waals surface area (Å²) in [5, 5.41) is 9.70. The van der Waals surface area contributed by atoms with Gasteiger partial charge in [-0.15, -0.1) is 0 Å². The van der Waals surface area contributed by atoms with Gasteiger partial charge in [0, 0.05) is 54.8 Å². The number of amides is 3. The van der Waals surface area contributed by atoms with Crippen molar-refractivity contribution >= 4 is 29.3 Å². The van der Waals surface area contributed by atoms with E-state index in [1.165, 1.54) is 5.01 Å². The van der Waals surface area contributed by atoms with Crippen molar-refractivity contribution in [2.45, 2.75) is 32.4 Å². The molecule has 40 heavy (non-hydrogen) atoms. The molecule has 0 saturated carbocycles. The average molecular weight is 572 g/mol. The van der Waals surface area contributed by atoms with Gasteiger partial charge in [-0.05, 0) is 38.1 Å². The monoisotopic (exact) mass is 571 g/mol. The Labute approximate surface area is 240 Å². The molecule has 1 saturated heterocycles. The Morgan fingerprint density at radius 1 is 1.15 bits per heavy atom. The SMILES string of the molecule is COc1ccc(OC)c(C2CC(c3ccccc3Cl)=NN2C(=O)CN(CCN2CCOCC2)C(=O)NC(C)C)c1. The molecule has 0 aromatic heterocycles. The van der Waals surface area contributed by atoms with E-state index in [0.717, 1.165) is 24.2 Å². The third kappa shape index (κ3) is 7.24. The van der Waals surface area contributed by atoms with Crippen LogP contribution in [-0.4, -0.2) is 98.7 Å². The highest BCUT2D eigenvalue weighted by Crippen LogP contribution is 2.40. The van der Waals surface area contributed by atoms with Crippen molar-refractivity contribution in [1.82, 2.24) is 20.1 Å². The molecule has 2 aliphatic heterocycles. The first-order valence-electron chi connectivity index (χ1n) is 13.5. The zero-order valence-electron chi connectivity index (χ0n) is 23.6. The number of nitrogens with one attached hydrogen (secondary N) is 1. The Balaban J connectivity index is 1.64. The number of ether oxygens (including phenoxy) is 3. The summed E-state index contributed by atoms with van der Waals surface area (Å²) in [5.41, 5.74) is 2.20. The molecule has 0 aliphatic carbocycles. The number of nitrogens with zero attached hydrogens (tertiary/aromatic N) is 4. The normalized spacial score (nSPS) is 17.5. The fourth-order valence-electron chi connectivity index (χ4n) is 4.85. The van der Waals surface area contributed by atoms with Gasteiger partial charge in [0.25, 0.3) is 5.91 Å². The zero-order chi connectivity index (χ0) is 28.6. The first-order chi connectivity index (χ1) is 19.3. The lowest BCUT2D eigenvalue weighted by Gasteiger charge is -2.31. The predicted octanol–water partition coefficient (Wildman–Crippen LogP) is 3.79. The lowest BCUT2D eigenvalue weighted by atomic mass is 9.97. The molecule has 2 heterocycles. The van der Waals surface area contributed by atoms with Crippen LogP contribution in [0.3, 0.4) is 0 Å². The van der Waals surface area contributed by atoms with Crippen molar-refractivity contribution in [1.29, 1.82) is 0 Å². The van der Waals surface area contributed by atoms with Gasteiger partial charge >= 0.3 is 6.03 Å². The molecule has 0 spiro atoms. The van der Waals surface area contributed by atoms with E-state index < -0.39 is 6.04 Å². The van der Waals surface area contributed by atoms with Crippen molar-refractivity contribution < 1.29 is 23.8 Å². The van der Waals surface area contributed by atoms with Gasteiger partial charge in [0.2, 0.25) is 0 Å². The van der Waals surface area contributed by atoms with Crippen molar-refractivity contribution in [3.63, 3.8) is 0 Å². The summed E-state index contributed by atoms with van der Waals surface area (Å²) in [6.07, 6.45) is 0.422. The molecule has 2 aromatic rings. The van der Waals surface area contributed by atoms with E-state index in [1.807, 2.05) is 50.2 Å². The van der Waals surface area contributed by atoms with Crippen LogP contribution in [0.4, 0.5) is 4.79 Å². The number of hydrogen-bond acceptors (Lipinski definition) is 7. The molecule has 3 amide bonds. The number of rotatable bonds is 10. The van der Waals surface area contributed by atoms with Crippen molar-refractivity contribution in [3.8, 4) is 11.5 Å². The lowest BCUT2D eigenvalue weighted by molar-refractivity contribution is -0.133.